The topological polar surface area (TPSA) is 66.9 Å². The smallest absolute Gasteiger partial charge is 0.321 e. The zero-order valence-electron chi connectivity index (χ0n) is 12.0. The van der Waals surface area contributed by atoms with Crippen LogP contribution >= 0.6 is 0 Å². The molecule has 0 spiro atoms. The zero-order valence-corrected chi connectivity index (χ0v) is 12.8. The minimum atomic E-state index is -3.57. The highest BCUT2D eigenvalue weighted by molar-refractivity contribution is 7.86. The summed E-state index contributed by atoms with van der Waals surface area (Å²) in [6.07, 6.45) is 3.47. The van der Waals surface area contributed by atoms with E-state index in [1.165, 1.54) is 15.7 Å². The number of methoxy groups -OCH3 is 1. The van der Waals surface area contributed by atoms with E-state index in [1.807, 2.05) is 13.8 Å². The molecule has 7 heteroatoms. The van der Waals surface area contributed by atoms with E-state index in [-0.39, 0.29) is 12.6 Å². The van der Waals surface area contributed by atoms with Gasteiger partial charge in [-0.2, -0.15) is 17.0 Å². The summed E-state index contributed by atoms with van der Waals surface area (Å²) in [5.41, 5.74) is 0. The van der Waals surface area contributed by atoms with E-state index in [2.05, 4.69) is 4.74 Å². The van der Waals surface area contributed by atoms with E-state index >= 15 is 0 Å². The van der Waals surface area contributed by atoms with Crippen molar-refractivity contribution in [3.8, 4) is 0 Å². The van der Waals surface area contributed by atoms with E-state index in [0.29, 0.717) is 19.5 Å². The maximum Gasteiger partial charge on any atom is 0.321 e. The summed E-state index contributed by atoms with van der Waals surface area (Å²) in [5.74, 6) is -0.526. The van der Waals surface area contributed by atoms with Crippen LogP contribution in [0.1, 0.15) is 39.5 Å². The van der Waals surface area contributed by atoms with Crippen molar-refractivity contribution in [2.24, 2.45) is 0 Å². The maximum absolute atomic E-state index is 12.6. The summed E-state index contributed by atoms with van der Waals surface area (Å²) in [7, 11) is -2.31. The Hall–Kier alpha value is -0.660. The lowest BCUT2D eigenvalue weighted by Gasteiger charge is -2.35. The van der Waals surface area contributed by atoms with Crippen molar-refractivity contribution in [1.82, 2.24) is 8.61 Å². The summed E-state index contributed by atoms with van der Waals surface area (Å²) in [6.45, 7) is 4.46. The lowest BCUT2D eigenvalue weighted by atomic mass is 10.1. The molecule has 0 bridgehead atoms. The van der Waals surface area contributed by atoms with E-state index in [4.69, 9.17) is 0 Å². The van der Waals surface area contributed by atoms with Crippen LogP contribution in [-0.2, 0) is 19.7 Å². The quantitative estimate of drug-likeness (QED) is 0.685. The second-order valence-corrected chi connectivity index (χ2v) is 6.75. The standard InChI is InChI=1S/C12H24N2O4S/c1-4-8-13(10-12(15)18-3)19(16,17)14-9-6-5-7-11(14)2/h11H,4-10H2,1-3H3. The van der Waals surface area contributed by atoms with Crippen LogP contribution < -0.4 is 0 Å². The first-order valence-electron chi connectivity index (χ1n) is 6.77. The Kier molecular flexibility index (Phi) is 6.22. The molecule has 0 amide bonds. The van der Waals surface area contributed by atoms with Gasteiger partial charge in [-0.1, -0.05) is 13.3 Å². The molecule has 0 aliphatic carbocycles. The molecule has 0 aromatic rings. The molecule has 1 fully saturated rings. The lowest BCUT2D eigenvalue weighted by molar-refractivity contribution is -0.140. The van der Waals surface area contributed by atoms with E-state index in [9.17, 15) is 13.2 Å². The molecule has 0 N–H and O–H groups in total. The van der Waals surface area contributed by atoms with Gasteiger partial charge >= 0.3 is 5.97 Å². The van der Waals surface area contributed by atoms with E-state index in [0.717, 1.165) is 19.3 Å². The second kappa shape index (κ2) is 7.21. The van der Waals surface area contributed by atoms with Crippen LogP contribution in [-0.4, -0.2) is 55.8 Å². The first-order valence-corrected chi connectivity index (χ1v) is 8.17. The summed E-state index contributed by atoms with van der Waals surface area (Å²) >= 11 is 0. The third kappa shape index (κ3) is 4.15. The third-order valence-corrected chi connectivity index (χ3v) is 5.47. The Labute approximate surface area is 115 Å². The van der Waals surface area contributed by atoms with Gasteiger partial charge in [0.2, 0.25) is 0 Å². The van der Waals surface area contributed by atoms with Gasteiger partial charge in [0, 0.05) is 19.1 Å². The van der Waals surface area contributed by atoms with Crippen LogP contribution in [0.2, 0.25) is 0 Å². The number of rotatable bonds is 6. The number of nitrogens with zero attached hydrogens (tertiary/aromatic N) is 2. The summed E-state index contributed by atoms with van der Waals surface area (Å²) in [5, 5.41) is 0. The summed E-state index contributed by atoms with van der Waals surface area (Å²) < 4.78 is 32.5. The predicted octanol–water partition coefficient (Wildman–Crippen LogP) is 0.991. The third-order valence-electron chi connectivity index (χ3n) is 3.37. The first kappa shape index (κ1) is 16.4. The molecule has 1 saturated heterocycles. The Morgan fingerprint density at radius 2 is 2.11 bits per heavy atom. The van der Waals surface area contributed by atoms with Crippen molar-refractivity contribution in [2.45, 2.75) is 45.6 Å². The van der Waals surface area contributed by atoms with Crippen LogP contribution in [0.4, 0.5) is 0 Å². The minimum Gasteiger partial charge on any atom is -0.468 e. The predicted molar refractivity (Wildman–Crippen MR) is 72.8 cm³/mol. The van der Waals surface area contributed by atoms with E-state index in [1.54, 1.807) is 0 Å². The first-order chi connectivity index (χ1) is 8.93. The molecule has 112 valence electrons. The summed E-state index contributed by atoms with van der Waals surface area (Å²) in [4.78, 5) is 11.4. The van der Waals surface area contributed by atoms with Crippen LogP contribution in [0.5, 0.6) is 0 Å². The Balaban J connectivity index is 2.88. The molecular weight excluding hydrogens is 268 g/mol. The Bertz CT molecular complexity index is 397. The van der Waals surface area contributed by atoms with Gasteiger partial charge in [-0.15, -0.1) is 0 Å². The molecule has 0 aromatic carbocycles. The highest BCUT2D eigenvalue weighted by atomic mass is 32.2. The van der Waals surface area contributed by atoms with Gasteiger partial charge in [0.15, 0.2) is 0 Å². The number of hydrogen-bond donors (Lipinski definition) is 0. The molecule has 0 radical (unpaired) electrons. The minimum absolute atomic E-state index is 0.00393. The van der Waals surface area contributed by atoms with Crippen molar-refractivity contribution in [1.29, 1.82) is 0 Å². The molecule has 1 unspecified atom stereocenters. The molecular formula is C12H24N2O4S. The number of carbonyl (C=O) groups excluding carboxylic acids is 1. The van der Waals surface area contributed by atoms with Crippen molar-refractivity contribution in [3.63, 3.8) is 0 Å². The highest BCUT2D eigenvalue weighted by Gasteiger charge is 2.35. The molecule has 1 aliphatic rings. The largest absolute Gasteiger partial charge is 0.468 e. The fourth-order valence-electron chi connectivity index (χ4n) is 2.30. The Morgan fingerprint density at radius 3 is 2.63 bits per heavy atom. The van der Waals surface area contributed by atoms with Crippen molar-refractivity contribution >= 4 is 16.2 Å². The fraction of sp³-hybridized carbons (Fsp3) is 0.917. The van der Waals surface area contributed by atoms with Gasteiger partial charge in [-0.3, -0.25) is 4.79 Å². The second-order valence-electron chi connectivity index (χ2n) is 4.87. The highest BCUT2D eigenvalue weighted by Crippen LogP contribution is 2.22. The van der Waals surface area contributed by atoms with Crippen LogP contribution in [0.15, 0.2) is 0 Å². The molecule has 1 rings (SSSR count). The summed E-state index contributed by atoms with van der Waals surface area (Å²) in [6, 6.07) is -0.00393. The molecule has 0 aromatic heterocycles. The van der Waals surface area contributed by atoms with Crippen LogP contribution in [0, 0.1) is 0 Å². The van der Waals surface area contributed by atoms with Crippen molar-refractivity contribution < 1.29 is 17.9 Å². The zero-order chi connectivity index (χ0) is 14.5. The molecule has 1 heterocycles. The Morgan fingerprint density at radius 1 is 1.42 bits per heavy atom. The van der Waals surface area contributed by atoms with Gasteiger partial charge in [0.1, 0.15) is 6.54 Å². The van der Waals surface area contributed by atoms with E-state index < -0.39 is 16.2 Å². The normalized spacial score (nSPS) is 21.6. The number of piperidine rings is 1. The lowest BCUT2D eigenvalue weighted by Crippen LogP contribution is -2.51. The molecule has 1 atom stereocenters. The average molecular weight is 292 g/mol. The van der Waals surface area contributed by atoms with Gasteiger partial charge in [-0.25, -0.2) is 0 Å². The number of esters is 1. The van der Waals surface area contributed by atoms with Gasteiger partial charge in [-0.05, 0) is 26.2 Å². The maximum atomic E-state index is 12.6. The number of carbonyl (C=O) groups is 1. The number of hydrogen-bond acceptors (Lipinski definition) is 4. The van der Waals surface area contributed by atoms with Crippen molar-refractivity contribution in [2.75, 3.05) is 26.7 Å². The van der Waals surface area contributed by atoms with Crippen LogP contribution in [0.25, 0.3) is 0 Å². The fourth-order valence-corrected chi connectivity index (χ4v) is 4.20. The monoisotopic (exact) mass is 292 g/mol. The van der Waals surface area contributed by atoms with Gasteiger partial charge < -0.3 is 4.74 Å². The average Bonchev–Trinajstić information content (AvgIpc) is 2.38. The van der Waals surface area contributed by atoms with Crippen LogP contribution in [0.3, 0.4) is 0 Å². The molecule has 6 nitrogen and oxygen atoms in total. The molecule has 0 saturated carbocycles. The van der Waals surface area contributed by atoms with Gasteiger partial charge in [0.25, 0.3) is 10.2 Å². The molecule has 1 aliphatic heterocycles. The van der Waals surface area contributed by atoms with Gasteiger partial charge in [0.05, 0.1) is 7.11 Å². The van der Waals surface area contributed by atoms with Crippen molar-refractivity contribution in [3.05, 3.63) is 0 Å². The molecule has 19 heavy (non-hydrogen) atoms. The number of ether oxygens (including phenoxy) is 1. The SMILES string of the molecule is CCCN(CC(=O)OC)S(=O)(=O)N1CCCCC1C.